The van der Waals surface area contributed by atoms with E-state index >= 15 is 0 Å². The number of para-hydroxylation sites is 2. The predicted molar refractivity (Wildman–Crippen MR) is 194 cm³/mol. The lowest BCUT2D eigenvalue weighted by Gasteiger charge is -2.26. The van der Waals surface area contributed by atoms with Gasteiger partial charge in [-0.05, 0) is 94.7 Å². The Balaban J connectivity index is 1.21. The van der Waals surface area contributed by atoms with E-state index in [1.54, 1.807) is 0 Å². The van der Waals surface area contributed by atoms with Crippen molar-refractivity contribution in [2.75, 3.05) is 4.90 Å². The minimum Gasteiger partial charge on any atom is -0.455 e. The molecule has 0 saturated carbocycles. The molecule has 0 bridgehead atoms. The van der Waals surface area contributed by atoms with E-state index in [1.165, 1.54) is 0 Å². The highest BCUT2D eigenvalue weighted by Crippen LogP contribution is 2.42. The molecule has 220 valence electrons. The Labute approximate surface area is 269 Å². The van der Waals surface area contributed by atoms with Crippen molar-refractivity contribution in [1.82, 2.24) is 4.98 Å². The number of hydrogen-bond acceptors (Lipinski definition) is 4. The molecule has 0 aliphatic rings. The number of fused-ring (bicyclic) bond motifs is 10. The first-order valence-corrected chi connectivity index (χ1v) is 15.8. The molecule has 0 aliphatic heterocycles. The van der Waals surface area contributed by atoms with Gasteiger partial charge in [-0.3, -0.25) is 4.98 Å². The van der Waals surface area contributed by atoms with Crippen molar-refractivity contribution >= 4 is 82.5 Å². The fourth-order valence-electron chi connectivity index (χ4n) is 7.05. The molecule has 3 heterocycles. The van der Waals surface area contributed by atoms with Crippen LogP contribution in [0.15, 0.2) is 167 Å². The summed E-state index contributed by atoms with van der Waals surface area (Å²) in [5.74, 6) is 0. The molecule has 10 rings (SSSR count). The number of pyridine rings is 1. The SMILES string of the molecule is c1ccc2c(c1)oc1c3cc(N(c4ccc(-c5ccncc5)cc4)c4ccc5ccc6c7ccccc7oc6c5c4)ccc3ccc21. The highest BCUT2D eigenvalue weighted by Gasteiger charge is 2.18. The van der Waals surface area contributed by atoms with Gasteiger partial charge in [0.25, 0.3) is 0 Å². The van der Waals surface area contributed by atoms with Crippen LogP contribution >= 0.6 is 0 Å². The van der Waals surface area contributed by atoms with Gasteiger partial charge in [0.2, 0.25) is 0 Å². The fourth-order valence-corrected chi connectivity index (χ4v) is 7.05. The zero-order valence-corrected chi connectivity index (χ0v) is 25.2. The van der Waals surface area contributed by atoms with Gasteiger partial charge in [0.15, 0.2) is 0 Å². The Morgan fingerprint density at radius 3 is 1.40 bits per heavy atom. The zero-order chi connectivity index (χ0) is 30.9. The van der Waals surface area contributed by atoms with Crippen LogP contribution in [-0.2, 0) is 0 Å². The monoisotopic (exact) mass is 602 g/mol. The lowest BCUT2D eigenvalue weighted by molar-refractivity contribution is 0.672. The topological polar surface area (TPSA) is 42.4 Å². The van der Waals surface area contributed by atoms with Crippen molar-refractivity contribution in [2.45, 2.75) is 0 Å². The van der Waals surface area contributed by atoms with Gasteiger partial charge in [0.1, 0.15) is 22.3 Å². The second kappa shape index (κ2) is 10.1. The Kier molecular flexibility index (Phi) is 5.54. The molecule has 0 amide bonds. The third kappa shape index (κ3) is 4.05. The fraction of sp³-hybridized carbons (Fsp3) is 0. The van der Waals surface area contributed by atoms with Crippen molar-refractivity contribution in [3.05, 3.63) is 158 Å². The van der Waals surface area contributed by atoms with Crippen molar-refractivity contribution in [2.24, 2.45) is 0 Å². The van der Waals surface area contributed by atoms with E-state index in [-0.39, 0.29) is 0 Å². The van der Waals surface area contributed by atoms with E-state index in [4.69, 9.17) is 8.83 Å². The summed E-state index contributed by atoms with van der Waals surface area (Å²) in [5.41, 5.74) is 9.01. The molecule has 0 atom stereocenters. The highest BCUT2D eigenvalue weighted by molar-refractivity contribution is 6.17. The van der Waals surface area contributed by atoms with Crippen LogP contribution in [0.4, 0.5) is 17.1 Å². The largest absolute Gasteiger partial charge is 0.455 e. The molecular weight excluding hydrogens is 576 g/mol. The van der Waals surface area contributed by atoms with Gasteiger partial charge in [-0.25, -0.2) is 0 Å². The molecule has 0 saturated heterocycles. The van der Waals surface area contributed by atoms with Crippen molar-refractivity contribution in [3.8, 4) is 11.1 Å². The van der Waals surface area contributed by atoms with Gasteiger partial charge < -0.3 is 13.7 Å². The predicted octanol–water partition coefficient (Wildman–Crippen LogP) is 12.3. The quantitative estimate of drug-likeness (QED) is 0.201. The Hall–Kier alpha value is -6.39. The van der Waals surface area contributed by atoms with Crippen LogP contribution in [0, 0.1) is 0 Å². The van der Waals surface area contributed by atoms with Gasteiger partial charge >= 0.3 is 0 Å². The molecule has 0 radical (unpaired) electrons. The number of hydrogen-bond donors (Lipinski definition) is 0. The standard InChI is InChI=1S/C43H26N2O2/c1-3-7-40-34(5-1)36-19-13-29-11-17-32(25-38(29)42(36)46-40)45(31-15-9-27(10-16-31)28-21-23-44-24-22-28)33-18-12-30-14-20-37-35-6-2-4-8-41(35)47-43(37)39(30)26-33/h1-26H. The van der Waals surface area contributed by atoms with Gasteiger partial charge in [0, 0.05) is 61.8 Å². The molecule has 0 spiro atoms. The Morgan fingerprint density at radius 2 is 0.851 bits per heavy atom. The van der Waals surface area contributed by atoms with Crippen LogP contribution in [0.3, 0.4) is 0 Å². The molecule has 0 unspecified atom stereocenters. The number of nitrogens with zero attached hydrogens (tertiary/aromatic N) is 2. The van der Waals surface area contributed by atoms with Crippen molar-refractivity contribution in [3.63, 3.8) is 0 Å². The Bertz CT molecular complexity index is 2640. The average molecular weight is 603 g/mol. The third-order valence-electron chi connectivity index (χ3n) is 9.35. The van der Waals surface area contributed by atoms with Gasteiger partial charge in [-0.15, -0.1) is 0 Å². The van der Waals surface area contributed by atoms with Crippen LogP contribution in [0.2, 0.25) is 0 Å². The van der Waals surface area contributed by atoms with E-state index in [9.17, 15) is 0 Å². The summed E-state index contributed by atoms with van der Waals surface area (Å²) in [5, 5.41) is 8.93. The number of benzene rings is 7. The maximum absolute atomic E-state index is 6.48. The van der Waals surface area contributed by atoms with E-state index < -0.39 is 0 Å². The first kappa shape index (κ1) is 25.9. The van der Waals surface area contributed by atoms with Crippen LogP contribution in [0.25, 0.3) is 76.5 Å². The normalized spacial score (nSPS) is 11.8. The molecule has 47 heavy (non-hydrogen) atoms. The summed E-state index contributed by atoms with van der Waals surface area (Å²) in [7, 11) is 0. The molecule has 4 heteroatoms. The highest BCUT2D eigenvalue weighted by atomic mass is 16.3. The number of rotatable bonds is 4. The van der Waals surface area contributed by atoms with Crippen LogP contribution in [0.1, 0.15) is 0 Å². The summed E-state index contributed by atoms with van der Waals surface area (Å²) < 4.78 is 13.0. The van der Waals surface area contributed by atoms with E-state index in [0.29, 0.717) is 0 Å². The molecule has 0 N–H and O–H groups in total. The second-order valence-electron chi connectivity index (χ2n) is 12.0. The molecule has 3 aromatic heterocycles. The summed E-state index contributed by atoms with van der Waals surface area (Å²) in [6.45, 7) is 0. The maximum atomic E-state index is 6.48. The third-order valence-corrected chi connectivity index (χ3v) is 9.35. The average Bonchev–Trinajstić information content (AvgIpc) is 3.72. The minimum atomic E-state index is 0.897. The summed E-state index contributed by atoms with van der Waals surface area (Å²) in [4.78, 5) is 6.51. The van der Waals surface area contributed by atoms with E-state index in [2.05, 4.69) is 119 Å². The molecule has 4 nitrogen and oxygen atoms in total. The van der Waals surface area contributed by atoms with E-state index in [0.717, 1.165) is 93.6 Å². The first-order chi connectivity index (χ1) is 23.3. The lowest BCUT2D eigenvalue weighted by atomic mass is 10.0. The van der Waals surface area contributed by atoms with Gasteiger partial charge in [0.05, 0.1) is 0 Å². The summed E-state index contributed by atoms with van der Waals surface area (Å²) >= 11 is 0. The minimum absolute atomic E-state index is 0.897. The Morgan fingerprint density at radius 1 is 0.383 bits per heavy atom. The molecular formula is C43H26N2O2. The van der Waals surface area contributed by atoms with Crippen molar-refractivity contribution in [1.29, 1.82) is 0 Å². The number of aromatic nitrogens is 1. The molecule has 0 fully saturated rings. The maximum Gasteiger partial charge on any atom is 0.143 e. The number of furan rings is 2. The lowest BCUT2D eigenvalue weighted by Crippen LogP contribution is -2.10. The summed E-state index contributed by atoms with van der Waals surface area (Å²) in [6.07, 6.45) is 3.66. The van der Waals surface area contributed by atoms with Crippen molar-refractivity contribution < 1.29 is 8.83 Å². The summed E-state index contributed by atoms with van der Waals surface area (Å²) in [6, 6.07) is 51.3. The smallest absolute Gasteiger partial charge is 0.143 e. The second-order valence-corrected chi connectivity index (χ2v) is 12.0. The van der Waals surface area contributed by atoms with E-state index in [1.807, 2.05) is 48.8 Å². The molecule has 0 aliphatic carbocycles. The zero-order valence-electron chi connectivity index (χ0n) is 25.2. The molecule has 7 aromatic carbocycles. The van der Waals surface area contributed by atoms with Crippen LogP contribution in [0.5, 0.6) is 0 Å². The van der Waals surface area contributed by atoms with Gasteiger partial charge in [-0.1, -0.05) is 72.8 Å². The number of anilines is 3. The van der Waals surface area contributed by atoms with Crippen LogP contribution in [-0.4, -0.2) is 4.98 Å². The first-order valence-electron chi connectivity index (χ1n) is 15.8. The molecule has 10 aromatic rings. The van der Waals surface area contributed by atoms with Crippen LogP contribution < -0.4 is 4.90 Å². The van der Waals surface area contributed by atoms with Gasteiger partial charge in [-0.2, -0.15) is 0 Å².